The van der Waals surface area contributed by atoms with Gasteiger partial charge in [0.15, 0.2) is 5.76 Å². The maximum Gasteiger partial charge on any atom is 0.291 e. The summed E-state index contributed by atoms with van der Waals surface area (Å²) in [6.07, 6.45) is 2.92. The lowest BCUT2D eigenvalue weighted by Gasteiger charge is -2.31. The summed E-state index contributed by atoms with van der Waals surface area (Å²) in [6.45, 7) is 0.372. The van der Waals surface area contributed by atoms with E-state index in [1.165, 1.54) is 29.8 Å². The molecule has 4 rings (SSSR count). The summed E-state index contributed by atoms with van der Waals surface area (Å²) in [5.41, 5.74) is 2.00. The average Bonchev–Trinajstić information content (AvgIpc) is 3.28. The number of ether oxygens (including phenoxy) is 1. The maximum absolute atomic E-state index is 13.3. The van der Waals surface area contributed by atoms with Crippen molar-refractivity contribution in [2.75, 3.05) is 23.3 Å². The predicted molar refractivity (Wildman–Crippen MR) is 109 cm³/mol. The highest BCUT2D eigenvalue weighted by Crippen LogP contribution is 2.34. The zero-order valence-corrected chi connectivity index (χ0v) is 16.6. The van der Waals surface area contributed by atoms with Crippen LogP contribution >= 0.6 is 0 Å². The Morgan fingerprint density at radius 2 is 1.93 bits per heavy atom. The fraction of sp³-hybridized carbons (Fsp3) is 0.190. The number of rotatable bonds is 5. The maximum atomic E-state index is 13.3. The molecule has 1 amide bonds. The molecule has 0 saturated heterocycles. The van der Waals surface area contributed by atoms with Crippen LogP contribution in [-0.4, -0.2) is 28.0 Å². The summed E-state index contributed by atoms with van der Waals surface area (Å²) in [5.74, 6) is 0.381. The van der Waals surface area contributed by atoms with E-state index in [0.29, 0.717) is 23.7 Å². The Morgan fingerprint density at radius 3 is 2.62 bits per heavy atom. The number of furan rings is 1. The molecule has 0 spiro atoms. The second-order valence-electron chi connectivity index (χ2n) is 6.63. The topological polar surface area (TPSA) is 88.9 Å². The van der Waals surface area contributed by atoms with Crippen LogP contribution in [0.1, 0.15) is 22.5 Å². The molecule has 0 saturated carbocycles. The first-order valence-corrected chi connectivity index (χ1v) is 10.6. The summed E-state index contributed by atoms with van der Waals surface area (Å²) in [5, 5.41) is 2.75. The van der Waals surface area contributed by atoms with Crippen molar-refractivity contribution in [2.45, 2.75) is 17.7 Å². The fourth-order valence-electron chi connectivity index (χ4n) is 3.34. The van der Waals surface area contributed by atoms with E-state index >= 15 is 0 Å². The Kier molecular flexibility index (Phi) is 5.02. The average molecular weight is 412 g/mol. The smallest absolute Gasteiger partial charge is 0.291 e. The molecule has 8 heteroatoms. The first-order chi connectivity index (χ1) is 14.0. The third-order valence-electron chi connectivity index (χ3n) is 4.81. The van der Waals surface area contributed by atoms with Crippen molar-refractivity contribution in [3.8, 4) is 5.75 Å². The van der Waals surface area contributed by atoms with E-state index < -0.39 is 15.9 Å². The van der Waals surface area contributed by atoms with Gasteiger partial charge in [-0.25, -0.2) is 8.42 Å². The Bertz CT molecular complexity index is 1120. The third-order valence-corrected chi connectivity index (χ3v) is 6.64. The van der Waals surface area contributed by atoms with Crippen molar-refractivity contribution in [1.82, 2.24) is 0 Å². The van der Waals surface area contributed by atoms with Gasteiger partial charge in [-0.3, -0.25) is 9.10 Å². The molecule has 1 aliphatic rings. The van der Waals surface area contributed by atoms with Crippen LogP contribution in [0.4, 0.5) is 11.4 Å². The van der Waals surface area contributed by atoms with Crippen molar-refractivity contribution >= 4 is 27.3 Å². The van der Waals surface area contributed by atoms with Crippen LogP contribution in [0.3, 0.4) is 0 Å². The normalized spacial score (nSPS) is 13.6. The molecule has 2 heterocycles. The Balaban J connectivity index is 1.66. The van der Waals surface area contributed by atoms with Crippen LogP contribution in [0.25, 0.3) is 0 Å². The van der Waals surface area contributed by atoms with Crippen LogP contribution in [0.15, 0.2) is 70.2 Å². The molecule has 1 N–H and O–H groups in total. The second-order valence-corrected chi connectivity index (χ2v) is 8.49. The fourth-order valence-corrected chi connectivity index (χ4v) is 4.88. The standard InChI is InChI=1S/C21H20N2O5S/c1-27-17-8-10-18(11-9-17)29(25,26)23-12-2-4-15-6-7-16(14-19(15)23)22-21(24)20-5-3-13-28-20/h3,5-11,13-14H,2,4,12H2,1H3,(H,22,24). The number of fused-ring (bicyclic) bond motifs is 1. The lowest BCUT2D eigenvalue weighted by atomic mass is 10.0. The number of carbonyl (C=O) groups is 1. The quantitative estimate of drug-likeness (QED) is 0.691. The van der Waals surface area contributed by atoms with E-state index in [9.17, 15) is 13.2 Å². The van der Waals surface area contributed by atoms with Crippen molar-refractivity contribution in [1.29, 1.82) is 0 Å². The number of benzene rings is 2. The molecule has 0 unspecified atom stereocenters. The monoisotopic (exact) mass is 412 g/mol. The number of amides is 1. The molecule has 2 aromatic carbocycles. The van der Waals surface area contributed by atoms with Crippen molar-refractivity contribution in [3.05, 3.63) is 72.2 Å². The van der Waals surface area contributed by atoms with Crippen molar-refractivity contribution in [2.24, 2.45) is 0 Å². The summed E-state index contributed by atoms with van der Waals surface area (Å²) in [7, 11) is -2.21. The lowest BCUT2D eigenvalue weighted by Crippen LogP contribution is -2.35. The third kappa shape index (κ3) is 3.71. The van der Waals surface area contributed by atoms with Gasteiger partial charge in [-0.05, 0) is 66.9 Å². The molecule has 29 heavy (non-hydrogen) atoms. The highest BCUT2D eigenvalue weighted by atomic mass is 32.2. The molecule has 3 aromatic rings. The number of hydrogen-bond acceptors (Lipinski definition) is 5. The lowest BCUT2D eigenvalue weighted by molar-refractivity contribution is 0.0996. The predicted octanol–water partition coefficient (Wildman–Crippen LogP) is 3.68. The first-order valence-electron chi connectivity index (χ1n) is 9.13. The van der Waals surface area contributed by atoms with Gasteiger partial charge in [-0.15, -0.1) is 0 Å². The van der Waals surface area contributed by atoms with Crippen LogP contribution in [-0.2, 0) is 16.4 Å². The van der Waals surface area contributed by atoms with Gasteiger partial charge < -0.3 is 14.5 Å². The molecular formula is C21H20N2O5S. The molecule has 1 aliphatic heterocycles. The largest absolute Gasteiger partial charge is 0.497 e. The molecule has 1 aromatic heterocycles. The number of carbonyl (C=O) groups excluding carboxylic acids is 1. The SMILES string of the molecule is COc1ccc(S(=O)(=O)N2CCCc3ccc(NC(=O)c4ccco4)cc32)cc1. The molecule has 0 fully saturated rings. The number of sulfonamides is 1. The molecule has 0 aliphatic carbocycles. The number of anilines is 2. The molecule has 0 radical (unpaired) electrons. The van der Waals surface area contributed by atoms with Gasteiger partial charge in [-0.2, -0.15) is 0 Å². The first kappa shape index (κ1) is 19.1. The molecular weight excluding hydrogens is 392 g/mol. The Morgan fingerprint density at radius 1 is 1.14 bits per heavy atom. The minimum Gasteiger partial charge on any atom is -0.497 e. The van der Waals surface area contributed by atoms with Crippen LogP contribution in [0.5, 0.6) is 5.75 Å². The van der Waals surface area contributed by atoms with E-state index in [2.05, 4.69) is 5.32 Å². The van der Waals surface area contributed by atoms with E-state index in [-0.39, 0.29) is 10.7 Å². The Hall–Kier alpha value is -3.26. The highest BCUT2D eigenvalue weighted by molar-refractivity contribution is 7.92. The minimum absolute atomic E-state index is 0.186. The van der Waals surface area contributed by atoms with Crippen molar-refractivity contribution in [3.63, 3.8) is 0 Å². The van der Waals surface area contributed by atoms with E-state index in [1.54, 1.807) is 36.4 Å². The number of hydrogen-bond donors (Lipinski definition) is 1. The minimum atomic E-state index is -3.74. The van der Waals surface area contributed by atoms with Gasteiger partial charge in [0.1, 0.15) is 5.75 Å². The molecule has 7 nitrogen and oxygen atoms in total. The van der Waals surface area contributed by atoms with Gasteiger partial charge >= 0.3 is 0 Å². The van der Waals surface area contributed by atoms with Crippen LogP contribution < -0.4 is 14.4 Å². The van der Waals surface area contributed by atoms with Gasteiger partial charge in [0.2, 0.25) is 0 Å². The summed E-state index contributed by atoms with van der Waals surface area (Å²) in [6, 6.07) is 14.8. The number of methoxy groups -OCH3 is 1. The second kappa shape index (κ2) is 7.63. The molecule has 0 bridgehead atoms. The van der Waals surface area contributed by atoms with E-state index in [4.69, 9.17) is 9.15 Å². The highest BCUT2D eigenvalue weighted by Gasteiger charge is 2.29. The molecule has 150 valence electrons. The van der Waals surface area contributed by atoms with Gasteiger partial charge in [0.25, 0.3) is 15.9 Å². The zero-order valence-electron chi connectivity index (χ0n) is 15.8. The summed E-state index contributed by atoms with van der Waals surface area (Å²) in [4.78, 5) is 12.4. The van der Waals surface area contributed by atoms with Crippen molar-refractivity contribution < 1.29 is 22.4 Å². The number of nitrogens with zero attached hydrogens (tertiary/aromatic N) is 1. The Labute approximate surface area is 169 Å². The van der Waals surface area contributed by atoms with Crippen LogP contribution in [0.2, 0.25) is 0 Å². The number of aryl methyl sites for hydroxylation is 1. The van der Waals surface area contributed by atoms with Crippen LogP contribution in [0, 0.1) is 0 Å². The zero-order chi connectivity index (χ0) is 20.4. The van der Waals surface area contributed by atoms with Gasteiger partial charge in [-0.1, -0.05) is 6.07 Å². The summed E-state index contributed by atoms with van der Waals surface area (Å²) >= 11 is 0. The van der Waals surface area contributed by atoms with E-state index in [0.717, 1.165) is 18.4 Å². The summed E-state index contributed by atoms with van der Waals surface area (Å²) < 4.78 is 38.1. The van der Waals surface area contributed by atoms with Gasteiger partial charge in [0, 0.05) is 12.2 Å². The molecule has 0 atom stereocenters. The number of nitrogens with one attached hydrogen (secondary N) is 1. The van der Waals surface area contributed by atoms with E-state index in [1.807, 2.05) is 6.07 Å². The van der Waals surface area contributed by atoms with Gasteiger partial charge in [0.05, 0.1) is 24.0 Å².